The van der Waals surface area contributed by atoms with E-state index in [1.165, 1.54) is 18.6 Å². The number of anilines is 1. The van der Waals surface area contributed by atoms with Crippen LogP contribution in [-0.4, -0.2) is 52.0 Å². The second kappa shape index (κ2) is 16.0. The van der Waals surface area contributed by atoms with Gasteiger partial charge in [0.2, 0.25) is 0 Å². The number of halogens is 1. The molecule has 1 aliphatic heterocycles. The Kier molecular flexibility index (Phi) is 12.1. The van der Waals surface area contributed by atoms with Crippen LogP contribution >= 0.6 is 0 Å². The smallest absolute Gasteiger partial charge is 0.168 e. The number of hydrogen-bond acceptors (Lipinski definition) is 6. The van der Waals surface area contributed by atoms with Crippen LogP contribution in [0.25, 0.3) is 16.8 Å². The van der Waals surface area contributed by atoms with E-state index in [0.29, 0.717) is 11.7 Å². The number of carbonyl (C=O) groups excluding carboxylic acids is 1. The lowest BCUT2D eigenvalue weighted by Crippen LogP contribution is -2.30. The van der Waals surface area contributed by atoms with Gasteiger partial charge in [-0.05, 0) is 68.8 Å². The lowest BCUT2D eigenvalue weighted by atomic mass is 10.0. The average molecular weight is 555 g/mol. The molecule has 7 nitrogen and oxygen atoms in total. The fourth-order valence-electron chi connectivity index (χ4n) is 4.33. The largest absolute Gasteiger partial charge is 0.354 e. The van der Waals surface area contributed by atoms with E-state index in [9.17, 15) is 9.18 Å². The molecule has 0 unspecified atom stereocenters. The van der Waals surface area contributed by atoms with Gasteiger partial charge in [0.05, 0.1) is 11.9 Å². The third kappa shape index (κ3) is 8.78. The highest BCUT2D eigenvalue weighted by Crippen LogP contribution is 2.22. The zero-order valence-electron chi connectivity index (χ0n) is 24.5. The van der Waals surface area contributed by atoms with Crippen LogP contribution < -0.4 is 10.2 Å². The van der Waals surface area contributed by atoms with Crippen LogP contribution in [0.4, 0.5) is 10.2 Å². The number of fused-ring (bicyclic) bond motifs is 1. The second-order valence-electron chi connectivity index (χ2n) is 9.28. The Morgan fingerprint density at radius 3 is 2.17 bits per heavy atom. The van der Waals surface area contributed by atoms with Gasteiger partial charge < -0.3 is 10.2 Å². The summed E-state index contributed by atoms with van der Waals surface area (Å²) in [6, 6.07) is 24.4. The Balaban J connectivity index is 0.000000176. The van der Waals surface area contributed by atoms with E-state index >= 15 is 0 Å². The standard InChI is InChI=1S/C13H11NO.C12H17N5.C6H5F.C2H6/c1-10-7-12(9-15)14-8-13(10)11-5-3-2-4-6-11;1-9-7-14-11-3-4-12(15-17(9)11)16-6-5-10(8-16)13-2;7-6-4-2-1-3-5-6;1-2/h2-9H,1H3;3-4,7,10,13H,5-6,8H2,1-2H3;1-5H;1-2H3/t;10-;;/m.0../s1. The number of hydrogen-bond donors (Lipinski definition) is 1. The van der Waals surface area contributed by atoms with Crippen molar-refractivity contribution >= 4 is 17.8 Å². The quantitative estimate of drug-likeness (QED) is 0.254. The molecule has 1 aliphatic rings. The van der Waals surface area contributed by atoms with Crippen molar-refractivity contribution in [2.24, 2.45) is 0 Å². The maximum atomic E-state index is 11.9. The molecule has 8 heteroatoms. The van der Waals surface area contributed by atoms with Crippen LogP contribution in [0.3, 0.4) is 0 Å². The summed E-state index contributed by atoms with van der Waals surface area (Å²) in [4.78, 5) is 21.2. The summed E-state index contributed by atoms with van der Waals surface area (Å²) in [5.74, 6) is 0.860. The number of aldehydes is 1. The van der Waals surface area contributed by atoms with Gasteiger partial charge in [-0.3, -0.25) is 9.78 Å². The van der Waals surface area contributed by atoms with E-state index in [2.05, 4.69) is 31.3 Å². The van der Waals surface area contributed by atoms with Gasteiger partial charge in [-0.2, -0.15) is 0 Å². The number of imidazole rings is 1. The predicted octanol–water partition coefficient (Wildman–Crippen LogP) is 6.56. The zero-order valence-corrected chi connectivity index (χ0v) is 24.5. The molecule has 4 heterocycles. The molecule has 5 aromatic rings. The average Bonchev–Trinajstić information content (AvgIpc) is 3.66. The molecule has 0 amide bonds. The van der Waals surface area contributed by atoms with Gasteiger partial charge >= 0.3 is 0 Å². The summed E-state index contributed by atoms with van der Waals surface area (Å²) in [6.07, 6.45) is 5.54. The van der Waals surface area contributed by atoms with Gasteiger partial charge in [0.1, 0.15) is 17.3 Å². The summed E-state index contributed by atoms with van der Waals surface area (Å²) in [7, 11) is 2.02. The molecule has 0 bridgehead atoms. The second-order valence-corrected chi connectivity index (χ2v) is 9.28. The minimum Gasteiger partial charge on any atom is -0.354 e. The topological polar surface area (TPSA) is 75.4 Å². The third-order valence-corrected chi connectivity index (χ3v) is 6.51. The number of benzene rings is 2. The lowest BCUT2D eigenvalue weighted by molar-refractivity contribution is 0.111. The summed E-state index contributed by atoms with van der Waals surface area (Å²) < 4.78 is 13.8. The van der Waals surface area contributed by atoms with Gasteiger partial charge in [-0.1, -0.05) is 62.4 Å². The van der Waals surface area contributed by atoms with Crippen molar-refractivity contribution in [1.82, 2.24) is 24.9 Å². The first-order valence-corrected chi connectivity index (χ1v) is 13.9. The van der Waals surface area contributed by atoms with Crippen molar-refractivity contribution in [3.8, 4) is 11.1 Å². The molecule has 0 radical (unpaired) electrons. The monoisotopic (exact) mass is 554 g/mol. The molecular weight excluding hydrogens is 515 g/mol. The van der Waals surface area contributed by atoms with E-state index in [1.807, 2.05) is 81.9 Å². The number of aryl methyl sites for hydroxylation is 2. The molecule has 0 spiro atoms. The predicted molar refractivity (Wildman–Crippen MR) is 165 cm³/mol. The molecular formula is C33H39FN6O. The first-order chi connectivity index (χ1) is 20.0. The van der Waals surface area contributed by atoms with Crippen molar-refractivity contribution in [3.63, 3.8) is 0 Å². The van der Waals surface area contributed by atoms with Gasteiger partial charge in [-0.25, -0.2) is 13.9 Å². The molecule has 3 aromatic heterocycles. The van der Waals surface area contributed by atoms with Crippen LogP contribution in [0.15, 0.2) is 91.3 Å². The molecule has 1 N–H and O–H groups in total. The molecule has 6 rings (SSSR count). The minimum atomic E-state index is -0.178. The van der Waals surface area contributed by atoms with Crippen molar-refractivity contribution < 1.29 is 9.18 Å². The van der Waals surface area contributed by atoms with Crippen molar-refractivity contribution in [2.75, 3.05) is 25.0 Å². The number of aromatic nitrogens is 4. The first kappa shape index (κ1) is 31.1. The Labute approximate surface area is 242 Å². The number of carbonyl (C=O) groups is 1. The summed E-state index contributed by atoms with van der Waals surface area (Å²) >= 11 is 0. The number of nitrogens with one attached hydrogen (secondary N) is 1. The van der Waals surface area contributed by atoms with E-state index < -0.39 is 0 Å². The Morgan fingerprint density at radius 1 is 0.927 bits per heavy atom. The Bertz CT molecular complexity index is 1490. The number of rotatable bonds is 4. The molecule has 1 saturated heterocycles. The highest BCUT2D eigenvalue weighted by molar-refractivity contribution is 5.75. The van der Waals surface area contributed by atoms with Gasteiger partial charge in [0.25, 0.3) is 0 Å². The molecule has 1 fully saturated rings. The number of pyridine rings is 1. The first-order valence-electron chi connectivity index (χ1n) is 13.9. The SMILES string of the molecule is CC.CN[C@H]1CCN(c2ccc3ncc(C)n3n2)C1.Cc1cc(C=O)ncc1-c1ccccc1.Fc1ccccc1. The lowest BCUT2D eigenvalue weighted by Gasteiger charge is -2.17. The maximum absolute atomic E-state index is 11.9. The molecule has 41 heavy (non-hydrogen) atoms. The van der Waals surface area contributed by atoms with Gasteiger partial charge in [0, 0.05) is 30.9 Å². The third-order valence-electron chi connectivity index (χ3n) is 6.51. The fraction of sp³-hybridized carbons (Fsp3) is 0.273. The van der Waals surface area contributed by atoms with Crippen molar-refractivity contribution in [2.45, 2.75) is 40.2 Å². The van der Waals surface area contributed by atoms with Gasteiger partial charge in [-0.15, -0.1) is 5.10 Å². The van der Waals surface area contributed by atoms with E-state index in [-0.39, 0.29) is 5.82 Å². The maximum Gasteiger partial charge on any atom is 0.168 e. The normalized spacial score (nSPS) is 13.7. The highest BCUT2D eigenvalue weighted by atomic mass is 19.1. The molecule has 0 saturated carbocycles. The van der Waals surface area contributed by atoms with E-state index in [4.69, 9.17) is 0 Å². The molecule has 214 valence electrons. The summed E-state index contributed by atoms with van der Waals surface area (Å²) in [6.45, 7) is 10.1. The Hall–Kier alpha value is -4.43. The summed E-state index contributed by atoms with van der Waals surface area (Å²) in [5.41, 5.74) is 5.73. The van der Waals surface area contributed by atoms with Gasteiger partial charge in [0.15, 0.2) is 11.9 Å². The highest BCUT2D eigenvalue weighted by Gasteiger charge is 2.22. The van der Waals surface area contributed by atoms with E-state index in [1.54, 1.807) is 30.5 Å². The zero-order chi connectivity index (χ0) is 29.6. The van der Waals surface area contributed by atoms with Crippen LogP contribution in [0.2, 0.25) is 0 Å². The molecule has 1 atom stereocenters. The molecule has 0 aliphatic carbocycles. The van der Waals surface area contributed by atoms with Crippen LogP contribution in [0, 0.1) is 19.7 Å². The molecule has 2 aromatic carbocycles. The number of nitrogens with zero attached hydrogens (tertiary/aromatic N) is 5. The van der Waals surface area contributed by atoms with Crippen LogP contribution in [0.5, 0.6) is 0 Å². The van der Waals surface area contributed by atoms with Crippen molar-refractivity contribution in [1.29, 1.82) is 0 Å². The van der Waals surface area contributed by atoms with Crippen molar-refractivity contribution in [3.05, 3.63) is 114 Å². The van der Waals surface area contributed by atoms with Crippen LogP contribution in [0.1, 0.15) is 42.0 Å². The minimum absolute atomic E-state index is 0.178. The fourth-order valence-corrected chi connectivity index (χ4v) is 4.33. The summed E-state index contributed by atoms with van der Waals surface area (Å²) in [5, 5.41) is 7.96. The van der Waals surface area contributed by atoms with Crippen LogP contribution in [-0.2, 0) is 0 Å². The van der Waals surface area contributed by atoms with E-state index in [0.717, 1.165) is 53.2 Å². The number of likely N-dealkylation sites (N-methyl/N-ethyl adjacent to an activating group) is 1. The Morgan fingerprint density at radius 2 is 1.61 bits per heavy atom.